The molecule has 0 aromatic heterocycles. The fraction of sp³-hybridized carbons (Fsp3) is 0.250. The van der Waals surface area contributed by atoms with Crippen molar-refractivity contribution in [3.05, 3.63) is 63.6 Å². The standard InChI is InChI=1S/C16H17Cl2NO/c1-16(19,12-3-6-14(20-2)7-4-12)10-11-9-13(17)5-8-15(11)18/h3-9H,10,19H2,1-2H3. The summed E-state index contributed by atoms with van der Waals surface area (Å²) in [5.41, 5.74) is 7.88. The highest BCUT2D eigenvalue weighted by Crippen LogP contribution is 2.29. The molecule has 0 fully saturated rings. The number of hydrogen-bond donors (Lipinski definition) is 1. The number of rotatable bonds is 4. The van der Waals surface area contributed by atoms with Crippen LogP contribution in [0.2, 0.25) is 10.0 Å². The molecule has 0 aliphatic rings. The molecule has 0 radical (unpaired) electrons. The maximum absolute atomic E-state index is 6.44. The molecule has 4 heteroatoms. The minimum absolute atomic E-state index is 0.527. The van der Waals surface area contributed by atoms with Gasteiger partial charge in [-0.05, 0) is 54.8 Å². The minimum atomic E-state index is -0.527. The van der Waals surface area contributed by atoms with Crippen LogP contribution in [0.5, 0.6) is 5.75 Å². The lowest BCUT2D eigenvalue weighted by molar-refractivity contribution is 0.413. The average Bonchev–Trinajstić information content (AvgIpc) is 2.43. The lowest BCUT2D eigenvalue weighted by Gasteiger charge is -2.26. The first kappa shape index (κ1) is 15.2. The zero-order chi connectivity index (χ0) is 14.8. The highest BCUT2D eigenvalue weighted by Gasteiger charge is 2.23. The molecule has 2 N–H and O–H groups in total. The van der Waals surface area contributed by atoms with Gasteiger partial charge in [0.1, 0.15) is 5.75 Å². The van der Waals surface area contributed by atoms with Crippen molar-refractivity contribution in [2.75, 3.05) is 7.11 Å². The second-order valence-corrected chi connectivity index (χ2v) is 5.90. The van der Waals surface area contributed by atoms with Crippen LogP contribution >= 0.6 is 23.2 Å². The van der Waals surface area contributed by atoms with Gasteiger partial charge in [0.2, 0.25) is 0 Å². The zero-order valence-electron chi connectivity index (χ0n) is 11.5. The molecular formula is C16H17Cl2NO. The summed E-state index contributed by atoms with van der Waals surface area (Å²) in [4.78, 5) is 0. The van der Waals surface area contributed by atoms with Gasteiger partial charge < -0.3 is 10.5 Å². The van der Waals surface area contributed by atoms with Crippen LogP contribution in [0.4, 0.5) is 0 Å². The molecule has 0 aliphatic carbocycles. The van der Waals surface area contributed by atoms with E-state index in [-0.39, 0.29) is 0 Å². The van der Waals surface area contributed by atoms with E-state index < -0.39 is 5.54 Å². The van der Waals surface area contributed by atoms with E-state index in [1.54, 1.807) is 19.2 Å². The summed E-state index contributed by atoms with van der Waals surface area (Å²) in [6, 6.07) is 13.2. The fourth-order valence-corrected chi connectivity index (χ4v) is 2.53. The number of nitrogens with two attached hydrogens (primary N) is 1. The summed E-state index contributed by atoms with van der Waals surface area (Å²) in [7, 11) is 1.64. The molecule has 0 bridgehead atoms. The molecule has 0 saturated carbocycles. The summed E-state index contributed by atoms with van der Waals surface area (Å²) in [5.74, 6) is 0.810. The van der Waals surface area contributed by atoms with Crippen LogP contribution in [-0.4, -0.2) is 7.11 Å². The Labute approximate surface area is 129 Å². The van der Waals surface area contributed by atoms with Crippen molar-refractivity contribution in [3.63, 3.8) is 0 Å². The molecule has 0 spiro atoms. The zero-order valence-corrected chi connectivity index (χ0v) is 13.0. The lowest BCUT2D eigenvalue weighted by Crippen LogP contribution is -2.35. The van der Waals surface area contributed by atoms with Gasteiger partial charge in [-0.15, -0.1) is 0 Å². The van der Waals surface area contributed by atoms with Gasteiger partial charge in [0.25, 0.3) is 0 Å². The summed E-state index contributed by atoms with van der Waals surface area (Å²) >= 11 is 12.2. The maximum Gasteiger partial charge on any atom is 0.118 e. The van der Waals surface area contributed by atoms with E-state index in [4.69, 9.17) is 33.7 Å². The molecule has 2 aromatic carbocycles. The van der Waals surface area contributed by atoms with Crippen LogP contribution in [0.3, 0.4) is 0 Å². The van der Waals surface area contributed by atoms with Crippen molar-refractivity contribution in [2.24, 2.45) is 5.73 Å². The van der Waals surface area contributed by atoms with Crippen LogP contribution in [0.1, 0.15) is 18.1 Å². The smallest absolute Gasteiger partial charge is 0.118 e. The number of benzene rings is 2. The second-order valence-electron chi connectivity index (χ2n) is 5.06. The van der Waals surface area contributed by atoms with Crippen molar-refractivity contribution in [1.82, 2.24) is 0 Å². The van der Waals surface area contributed by atoms with E-state index in [1.165, 1.54) is 0 Å². The van der Waals surface area contributed by atoms with Crippen LogP contribution in [0, 0.1) is 0 Å². The van der Waals surface area contributed by atoms with Crippen LogP contribution in [0.15, 0.2) is 42.5 Å². The first-order valence-electron chi connectivity index (χ1n) is 6.30. The van der Waals surface area contributed by atoms with Crippen LogP contribution in [-0.2, 0) is 12.0 Å². The quantitative estimate of drug-likeness (QED) is 0.907. The molecule has 2 aromatic rings. The predicted molar refractivity (Wildman–Crippen MR) is 84.7 cm³/mol. The van der Waals surface area contributed by atoms with Gasteiger partial charge in [-0.3, -0.25) is 0 Å². The van der Waals surface area contributed by atoms with E-state index >= 15 is 0 Å². The molecular weight excluding hydrogens is 293 g/mol. The Morgan fingerprint density at radius 3 is 2.35 bits per heavy atom. The van der Waals surface area contributed by atoms with Crippen LogP contribution in [0.25, 0.3) is 0 Å². The Hall–Kier alpha value is -1.22. The largest absolute Gasteiger partial charge is 0.497 e. The van der Waals surface area contributed by atoms with Crippen molar-refractivity contribution in [2.45, 2.75) is 18.9 Å². The van der Waals surface area contributed by atoms with Gasteiger partial charge in [0.15, 0.2) is 0 Å². The minimum Gasteiger partial charge on any atom is -0.497 e. The third-order valence-electron chi connectivity index (χ3n) is 3.31. The van der Waals surface area contributed by atoms with Crippen molar-refractivity contribution < 1.29 is 4.74 Å². The molecule has 0 amide bonds. The average molecular weight is 310 g/mol. The van der Waals surface area contributed by atoms with E-state index in [0.717, 1.165) is 16.9 Å². The van der Waals surface area contributed by atoms with Gasteiger partial charge >= 0.3 is 0 Å². The Morgan fingerprint density at radius 2 is 1.75 bits per heavy atom. The molecule has 2 nitrogen and oxygen atoms in total. The van der Waals surface area contributed by atoms with Gasteiger partial charge in [-0.2, -0.15) is 0 Å². The third-order valence-corrected chi connectivity index (χ3v) is 3.92. The van der Waals surface area contributed by atoms with Crippen molar-refractivity contribution in [3.8, 4) is 5.75 Å². The SMILES string of the molecule is COc1ccc(C(C)(N)Cc2cc(Cl)ccc2Cl)cc1. The van der Waals surface area contributed by atoms with Gasteiger partial charge in [0, 0.05) is 15.6 Å². The predicted octanol–water partition coefficient (Wildman–Crippen LogP) is 4.42. The van der Waals surface area contributed by atoms with E-state index in [2.05, 4.69) is 0 Å². The van der Waals surface area contributed by atoms with E-state index in [9.17, 15) is 0 Å². The normalized spacial score (nSPS) is 13.8. The Bertz CT molecular complexity index is 594. The fourth-order valence-electron chi connectivity index (χ4n) is 2.15. The van der Waals surface area contributed by atoms with Gasteiger partial charge in [-0.1, -0.05) is 35.3 Å². The number of hydrogen-bond acceptors (Lipinski definition) is 2. The Balaban J connectivity index is 2.27. The first-order chi connectivity index (χ1) is 9.42. The number of halogens is 2. The first-order valence-corrected chi connectivity index (χ1v) is 7.05. The molecule has 1 unspecified atom stereocenters. The Kier molecular flexibility index (Phi) is 4.59. The van der Waals surface area contributed by atoms with Crippen molar-refractivity contribution >= 4 is 23.2 Å². The maximum atomic E-state index is 6.44. The highest BCUT2D eigenvalue weighted by atomic mass is 35.5. The summed E-state index contributed by atoms with van der Waals surface area (Å²) < 4.78 is 5.16. The molecule has 20 heavy (non-hydrogen) atoms. The lowest BCUT2D eigenvalue weighted by atomic mass is 9.86. The Morgan fingerprint density at radius 1 is 1.10 bits per heavy atom. The molecule has 0 heterocycles. The number of ether oxygens (including phenoxy) is 1. The third kappa shape index (κ3) is 3.45. The molecule has 0 aliphatic heterocycles. The number of methoxy groups -OCH3 is 1. The summed E-state index contributed by atoms with van der Waals surface area (Å²) in [6.07, 6.45) is 0.610. The summed E-state index contributed by atoms with van der Waals surface area (Å²) in [5, 5.41) is 1.34. The second kappa shape index (κ2) is 6.04. The monoisotopic (exact) mass is 309 g/mol. The van der Waals surface area contributed by atoms with E-state index in [1.807, 2.05) is 37.3 Å². The van der Waals surface area contributed by atoms with Crippen molar-refractivity contribution in [1.29, 1.82) is 0 Å². The molecule has 1 atom stereocenters. The molecule has 0 saturated heterocycles. The van der Waals surface area contributed by atoms with Gasteiger partial charge in [-0.25, -0.2) is 0 Å². The molecule has 106 valence electrons. The topological polar surface area (TPSA) is 35.2 Å². The van der Waals surface area contributed by atoms with E-state index in [0.29, 0.717) is 16.5 Å². The van der Waals surface area contributed by atoms with Gasteiger partial charge in [0.05, 0.1) is 7.11 Å². The summed E-state index contributed by atoms with van der Waals surface area (Å²) in [6.45, 7) is 1.98. The molecule has 2 rings (SSSR count). The van der Waals surface area contributed by atoms with Crippen LogP contribution < -0.4 is 10.5 Å². The highest BCUT2D eigenvalue weighted by molar-refractivity contribution is 6.33.